The first kappa shape index (κ1) is 15.6. The first-order chi connectivity index (χ1) is 10.7. The van der Waals surface area contributed by atoms with Crippen LogP contribution < -0.4 is 9.47 Å². The molecule has 114 valence electrons. The standard InChI is InChI=1S/C17H17NO4/c1-20-15-6-7-16(21-2)14(10-15)5-8-17(19)22-12-13-4-3-9-18-11-13/h3-11H,12H2,1-2H3/b8-5+. The van der Waals surface area contributed by atoms with Crippen LogP contribution in [0.15, 0.2) is 48.8 Å². The van der Waals surface area contributed by atoms with Crippen LogP contribution in [0.2, 0.25) is 0 Å². The zero-order valence-electron chi connectivity index (χ0n) is 12.5. The van der Waals surface area contributed by atoms with Gasteiger partial charge in [0.15, 0.2) is 0 Å². The Bertz CT molecular complexity index is 653. The number of carbonyl (C=O) groups is 1. The Hall–Kier alpha value is -2.82. The molecule has 2 aromatic rings. The maximum Gasteiger partial charge on any atom is 0.331 e. The first-order valence-electron chi connectivity index (χ1n) is 6.68. The summed E-state index contributed by atoms with van der Waals surface area (Å²) in [6.45, 7) is 0.187. The fraction of sp³-hybridized carbons (Fsp3) is 0.176. The zero-order chi connectivity index (χ0) is 15.8. The molecule has 0 spiro atoms. The summed E-state index contributed by atoms with van der Waals surface area (Å²) in [5.74, 6) is 0.898. The molecule has 0 bridgehead atoms. The van der Waals surface area contributed by atoms with Gasteiger partial charge in [-0.3, -0.25) is 4.98 Å². The van der Waals surface area contributed by atoms with E-state index in [-0.39, 0.29) is 6.61 Å². The normalized spacial score (nSPS) is 10.5. The van der Waals surface area contributed by atoms with Crippen molar-refractivity contribution in [3.05, 3.63) is 59.9 Å². The summed E-state index contributed by atoms with van der Waals surface area (Å²) in [7, 11) is 3.15. The number of carbonyl (C=O) groups excluding carboxylic acids is 1. The minimum atomic E-state index is -0.436. The lowest BCUT2D eigenvalue weighted by Gasteiger charge is -2.07. The van der Waals surface area contributed by atoms with Crippen LogP contribution in [0.1, 0.15) is 11.1 Å². The number of benzene rings is 1. The number of hydrogen-bond acceptors (Lipinski definition) is 5. The highest BCUT2D eigenvalue weighted by molar-refractivity contribution is 5.87. The Morgan fingerprint density at radius 2 is 2.09 bits per heavy atom. The lowest BCUT2D eigenvalue weighted by atomic mass is 10.1. The van der Waals surface area contributed by atoms with Crippen LogP contribution in [-0.2, 0) is 16.1 Å². The van der Waals surface area contributed by atoms with E-state index < -0.39 is 5.97 Å². The zero-order valence-corrected chi connectivity index (χ0v) is 12.5. The molecule has 5 heteroatoms. The van der Waals surface area contributed by atoms with E-state index in [0.29, 0.717) is 11.5 Å². The van der Waals surface area contributed by atoms with Gasteiger partial charge in [0, 0.05) is 29.6 Å². The Morgan fingerprint density at radius 3 is 2.77 bits per heavy atom. The van der Waals surface area contributed by atoms with Gasteiger partial charge in [0.05, 0.1) is 14.2 Å². The van der Waals surface area contributed by atoms with Crippen LogP contribution in [-0.4, -0.2) is 25.2 Å². The van der Waals surface area contributed by atoms with Crippen molar-refractivity contribution >= 4 is 12.0 Å². The number of methoxy groups -OCH3 is 2. The predicted octanol–water partition coefficient (Wildman–Crippen LogP) is 2.86. The van der Waals surface area contributed by atoms with Crippen molar-refractivity contribution in [3.63, 3.8) is 0 Å². The van der Waals surface area contributed by atoms with Gasteiger partial charge in [0.2, 0.25) is 0 Å². The van der Waals surface area contributed by atoms with Crippen molar-refractivity contribution < 1.29 is 19.0 Å². The van der Waals surface area contributed by atoms with Crippen LogP contribution in [0.3, 0.4) is 0 Å². The summed E-state index contributed by atoms with van der Waals surface area (Å²) < 4.78 is 15.5. The summed E-state index contributed by atoms with van der Waals surface area (Å²) in [6.07, 6.45) is 6.31. The lowest BCUT2D eigenvalue weighted by Crippen LogP contribution is -2.01. The Kier molecular flexibility index (Phi) is 5.54. The molecule has 0 aliphatic carbocycles. The van der Waals surface area contributed by atoms with E-state index in [9.17, 15) is 4.79 Å². The van der Waals surface area contributed by atoms with Crippen LogP contribution in [0.25, 0.3) is 6.08 Å². The number of pyridine rings is 1. The number of rotatable bonds is 6. The van der Waals surface area contributed by atoms with Gasteiger partial charge in [0.1, 0.15) is 18.1 Å². The maximum absolute atomic E-state index is 11.7. The largest absolute Gasteiger partial charge is 0.497 e. The van der Waals surface area contributed by atoms with E-state index >= 15 is 0 Å². The van der Waals surface area contributed by atoms with Crippen molar-refractivity contribution in [3.8, 4) is 11.5 Å². The third-order valence-electron chi connectivity index (χ3n) is 2.94. The highest BCUT2D eigenvalue weighted by Gasteiger charge is 2.04. The molecule has 0 saturated heterocycles. The molecule has 2 rings (SSSR count). The number of ether oxygens (including phenoxy) is 3. The number of hydrogen-bond donors (Lipinski definition) is 0. The Labute approximate surface area is 129 Å². The highest BCUT2D eigenvalue weighted by Crippen LogP contribution is 2.25. The molecule has 0 aliphatic rings. The van der Waals surface area contributed by atoms with Crippen LogP contribution in [0.4, 0.5) is 0 Å². The van der Waals surface area contributed by atoms with Gasteiger partial charge in [-0.05, 0) is 30.3 Å². The van der Waals surface area contributed by atoms with Gasteiger partial charge in [-0.2, -0.15) is 0 Å². The van der Waals surface area contributed by atoms with Crippen molar-refractivity contribution in [2.75, 3.05) is 14.2 Å². The third-order valence-corrected chi connectivity index (χ3v) is 2.94. The fourth-order valence-electron chi connectivity index (χ4n) is 1.81. The average Bonchev–Trinajstić information content (AvgIpc) is 2.58. The van der Waals surface area contributed by atoms with Gasteiger partial charge in [-0.1, -0.05) is 6.07 Å². The molecular formula is C17H17NO4. The maximum atomic E-state index is 11.7. The molecule has 0 amide bonds. The van der Waals surface area contributed by atoms with Gasteiger partial charge in [0.25, 0.3) is 0 Å². The summed E-state index contributed by atoms with van der Waals surface area (Å²) >= 11 is 0. The van der Waals surface area contributed by atoms with Gasteiger partial charge >= 0.3 is 5.97 Å². The Morgan fingerprint density at radius 1 is 1.23 bits per heavy atom. The second-order valence-electron chi connectivity index (χ2n) is 4.41. The molecule has 1 aromatic heterocycles. The summed E-state index contributed by atoms with van der Waals surface area (Å²) in [5, 5.41) is 0. The molecule has 0 unspecified atom stereocenters. The number of nitrogens with zero attached hydrogens (tertiary/aromatic N) is 1. The van der Waals surface area contributed by atoms with E-state index in [1.807, 2.05) is 6.07 Å². The van der Waals surface area contributed by atoms with E-state index in [1.165, 1.54) is 6.08 Å². The van der Waals surface area contributed by atoms with Gasteiger partial charge in [-0.25, -0.2) is 4.79 Å². The van der Waals surface area contributed by atoms with Crippen molar-refractivity contribution in [1.29, 1.82) is 0 Å². The minimum Gasteiger partial charge on any atom is -0.497 e. The van der Waals surface area contributed by atoms with E-state index in [2.05, 4.69) is 4.98 Å². The predicted molar refractivity (Wildman–Crippen MR) is 82.6 cm³/mol. The molecule has 0 saturated carbocycles. The molecule has 1 heterocycles. The molecular weight excluding hydrogens is 282 g/mol. The van der Waals surface area contributed by atoms with E-state index in [1.54, 1.807) is 57.0 Å². The van der Waals surface area contributed by atoms with Crippen molar-refractivity contribution in [1.82, 2.24) is 4.98 Å². The molecule has 0 atom stereocenters. The van der Waals surface area contributed by atoms with E-state index in [0.717, 1.165) is 11.1 Å². The first-order valence-corrected chi connectivity index (χ1v) is 6.68. The Balaban J connectivity index is 2.00. The van der Waals surface area contributed by atoms with Crippen LogP contribution >= 0.6 is 0 Å². The molecule has 0 aliphatic heterocycles. The molecule has 0 N–H and O–H groups in total. The highest BCUT2D eigenvalue weighted by atomic mass is 16.5. The monoisotopic (exact) mass is 299 g/mol. The minimum absolute atomic E-state index is 0.187. The summed E-state index contributed by atoms with van der Waals surface area (Å²) in [4.78, 5) is 15.7. The van der Waals surface area contributed by atoms with Crippen LogP contribution in [0.5, 0.6) is 11.5 Å². The van der Waals surface area contributed by atoms with E-state index in [4.69, 9.17) is 14.2 Å². The summed E-state index contributed by atoms with van der Waals surface area (Å²) in [6, 6.07) is 8.98. The third kappa shape index (κ3) is 4.34. The molecule has 5 nitrogen and oxygen atoms in total. The second-order valence-corrected chi connectivity index (χ2v) is 4.41. The summed E-state index contributed by atoms with van der Waals surface area (Å²) in [5.41, 5.74) is 1.57. The van der Waals surface area contributed by atoms with Crippen LogP contribution in [0, 0.1) is 0 Å². The molecule has 22 heavy (non-hydrogen) atoms. The SMILES string of the molecule is COc1ccc(OC)c(/C=C/C(=O)OCc2cccnc2)c1. The van der Waals surface area contributed by atoms with Gasteiger partial charge < -0.3 is 14.2 Å². The van der Waals surface area contributed by atoms with Gasteiger partial charge in [-0.15, -0.1) is 0 Å². The smallest absolute Gasteiger partial charge is 0.331 e. The fourth-order valence-corrected chi connectivity index (χ4v) is 1.81. The number of esters is 1. The molecule has 1 aromatic carbocycles. The second kappa shape index (κ2) is 7.83. The molecule has 0 radical (unpaired) electrons. The van der Waals surface area contributed by atoms with Crippen molar-refractivity contribution in [2.45, 2.75) is 6.61 Å². The molecule has 0 fully saturated rings. The average molecular weight is 299 g/mol. The topological polar surface area (TPSA) is 57.7 Å². The number of aromatic nitrogens is 1. The quantitative estimate of drug-likeness (QED) is 0.606. The lowest BCUT2D eigenvalue weighted by molar-refractivity contribution is -0.138. The van der Waals surface area contributed by atoms with Crippen molar-refractivity contribution in [2.24, 2.45) is 0 Å².